The van der Waals surface area contributed by atoms with Crippen molar-refractivity contribution in [2.24, 2.45) is 0 Å². The molecule has 1 aromatic carbocycles. The number of aromatic nitrogens is 1. The molecule has 0 spiro atoms. The predicted octanol–water partition coefficient (Wildman–Crippen LogP) is 2.39. The molecule has 4 rings (SSSR count). The summed E-state index contributed by atoms with van der Waals surface area (Å²) in [5, 5.41) is 12.4. The number of para-hydroxylation sites is 1. The van der Waals surface area contributed by atoms with Crippen LogP contribution >= 0.6 is 0 Å². The van der Waals surface area contributed by atoms with Crippen LogP contribution in [0.4, 0.5) is 5.69 Å². The number of carboxylic acids is 1. The zero-order valence-corrected chi connectivity index (χ0v) is 14.6. The van der Waals surface area contributed by atoms with E-state index in [1.54, 1.807) is 6.07 Å². The van der Waals surface area contributed by atoms with Gasteiger partial charge < -0.3 is 20.2 Å². The van der Waals surface area contributed by atoms with E-state index < -0.39 is 5.97 Å². The highest BCUT2D eigenvalue weighted by molar-refractivity contribution is 5.88. The summed E-state index contributed by atoms with van der Waals surface area (Å²) in [7, 11) is 0. The molecule has 2 N–H and O–H groups in total. The van der Waals surface area contributed by atoms with Crippen molar-refractivity contribution in [1.82, 2.24) is 15.2 Å². The topological polar surface area (TPSA) is 68.7 Å². The maximum atomic E-state index is 11.1. The lowest BCUT2D eigenvalue weighted by Crippen LogP contribution is -2.36. The fourth-order valence-electron chi connectivity index (χ4n) is 3.56. The van der Waals surface area contributed by atoms with Gasteiger partial charge in [-0.05, 0) is 36.6 Å². The van der Waals surface area contributed by atoms with Crippen LogP contribution in [0.3, 0.4) is 0 Å². The number of hydrogen-bond acceptors (Lipinski definition) is 5. The minimum atomic E-state index is -0.937. The van der Waals surface area contributed by atoms with E-state index in [1.165, 1.54) is 29.9 Å². The second-order valence-electron chi connectivity index (χ2n) is 6.64. The van der Waals surface area contributed by atoms with Crippen LogP contribution in [0.25, 0.3) is 5.70 Å². The van der Waals surface area contributed by atoms with Crippen LogP contribution in [0.1, 0.15) is 28.0 Å². The number of carbonyl (C=O) groups is 1. The molecule has 1 aromatic heterocycles. The van der Waals surface area contributed by atoms with Crippen molar-refractivity contribution in [3.8, 4) is 0 Å². The Morgan fingerprint density at radius 2 is 2.12 bits per heavy atom. The zero-order chi connectivity index (χ0) is 17.9. The molecule has 26 heavy (non-hydrogen) atoms. The van der Waals surface area contributed by atoms with E-state index >= 15 is 0 Å². The molecule has 2 aliphatic heterocycles. The summed E-state index contributed by atoms with van der Waals surface area (Å²) in [6, 6.07) is 11.8. The third-order valence-corrected chi connectivity index (χ3v) is 4.93. The molecular weight excluding hydrogens is 328 g/mol. The third kappa shape index (κ3) is 3.35. The average molecular weight is 350 g/mol. The lowest BCUT2D eigenvalue weighted by molar-refractivity contribution is 0.0696. The summed E-state index contributed by atoms with van der Waals surface area (Å²) in [4.78, 5) is 20.1. The van der Waals surface area contributed by atoms with Crippen molar-refractivity contribution < 1.29 is 9.90 Å². The fraction of sp³-hybridized carbons (Fsp3) is 0.300. The van der Waals surface area contributed by atoms with Crippen LogP contribution in [-0.2, 0) is 6.42 Å². The molecule has 0 aliphatic carbocycles. The minimum Gasteiger partial charge on any atom is -0.478 e. The van der Waals surface area contributed by atoms with E-state index in [0.717, 1.165) is 31.8 Å². The molecule has 0 saturated carbocycles. The molecule has 2 aliphatic rings. The van der Waals surface area contributed by atoms with Gasteiger partial charge in [0.1, 0.15) is 0 Å². The molecule has 3 heterocycles. The standard InChI is InChI=1S/C20H22N4O2/c25-20(26)16-7-8-21-17(12-16)18-13-23(14-22-18)10-11-24-9-3-5-15-4-1-2-6-19(15)24/h1-2,4,6-8,12-13,22H,3,5,9-11,14H2,(H,25,26). The minimum absolute atomic E-state index is 0.251. The lowest BCUT2D eigenvalue weighted by Gasteiger charge is -2.32. The molecule has 0 saturated heterocycles. The van der Waals surface area contributed by atoms with Crippen molar-refractivity contribution in [1.29, 1.82) is 0 Å². The van der Waals surface area contributed by atoms with Gasteiger partial charge in [0.25, 0.3) is 0 Å². The number of fused-ring (bicyclic) bond motifs is 1. The molecule has 6 heteroatoms. The molecule has 0 amide bonds. The summed E-state index contributed by atoms with van der Waals surface area (Å²) < 4.78 is 0. The summed E-state index contributed by atoms with van der Waals surface area (Å²) in [6.45, 7) is 3.68. The fourth-order valence-corrected chi connectivity index (χ4v) is 3.56. The zero-order valence-electron chi connectivity index (χ0n) is 14.6. The average Bonchev–Trinajstić information content (AvgIpc) is 3.15. The van der Waals surface area contributed by atoms with Gasteiger partial charge in [-0.25, -0.2) is 4.79 Å². The number of carboxylic acid groups (broad SMARTS) is 1. The Morgan fingerprint density at radius 1 is 1.23 bits per heavy atom. The van der Waals surface area contributed by atoms with Gasteiger partial charge in [0.05, 0.1) is 23.6 Å². The van der Waals surface area contributed by atoms with E-state index in [2.05, 4.69) is 44.4 Å². The molecule has 6 nitrogen and oxygen atoms in total. The van der Waals surface area contributed by atoms with Crippen molar-refractivity contribution >= 4 is 17.4 Å². The maximum absolute atomic E-state index is 11.1. The predicted molar refractivity (Wildman–Crippen MR) is 101 cm³/mol. The van der Waals surface area contributed by atoms with Crippen LogP contribution in [0.15, 0.2) is 48.8 Å². The van der Waals surface area contributed by atoms with Gasteiger partial charge in [-0.15, -0.1) is 0 Å². The maximum Gasteiger partial charge on any atom is 0.335 e. The van der Waals surface area contributed by atoms with Crippen LogP contribution < -0.4 is 10.2 Å². The highest BCUT2D eigenvalue weighted by Crippen LogP contribution is 2.26. The van der Waals surface area contributed by atoms with E-state index in [9.17, 15) is 4.79 Å². The summed E-state index contributed by atoms with van der Waals surface area (Å²) in [5.74, 6) is -0.937. The highest BCUT2D eigenvalue weighted by Gasteiger charge is 2.19. The molecule has 0 unspecified atom stereocenters. The first-order chi connectivity index (χ1) is 12.7. The summed E-state index contributed by atoms with van der Waals surface area (Å²) in [6.07, 6.45) is 5.92. The first-order valence-electron chi connectivity index (χ1n) is 8.93. The summed E-state index contributed by atoms with van der Waals surface area (Å²) >= 11 is 0. The Kier molecular flexibility index (Phi) is 4.48. The Hall–Kier alpha value is -3.02. The SMILES string of the molecule is O=C(O)c1ccnc(C2=CN(CCN3CCCc4ccccc43)CN2)c1. The number of rotatable bonds is 5. The molecule has 0 bridgehead atoms. The second kappa shape index (κ2) is 7.07. The van der Waals surface area contributed by atoms with Gasteiger partial charge in [0.2, 0.25) is 0 Å². The number of pyridine rings is 1. The Labute approximate surface area is 152 Å². The van der Waals surface area contributed by atoms with E-state index in [4.69, 9.17) is 5.11 Å². The number of anilines is 1. The van der Waals surface area contributed by atoms with Crippen LogP contribution in [0.5, 0.6) is 0 Å². The molecule has 134 valence electrons. The lowest BCUT2D eigenvalue weighted by atomic mass is 10.0. The van der Waals surface area contributed by atoms with E-state index in [0.29, 0.717) is 12.4 Å². The van der Waals surface area contributed by atoms with Crippen LogP contribution in [0, 0.1) is 0 Å². The van der Waals surface area contributed by atoms with Crippen molar-refractivity contribution in [2.45, 2.75) is 12.8 Å². The number of benzene rings is 1. The monoisotopic (exact) mass is 350 g/mol. The number of nitrogens with one attached hydrogen (secondary N) is 1. The quantitative estimate of drug-likeness (QED) is 0.863. The van der Waals surface area contributed by atoms with Crippen LogP contribution in [0.2, 0.25) is 0 Å². The summed E-state index contributed by atoms with van der Waals surface area (Å²) in [5.41, 5.74) is 4.57. The number of nitrogens with zero attached hydrogens (tertiary/aromatic N) is 3. The third-order valence-electron chi connectivity index (χ3n) is 4.93. The Balaban J connectivity index is 1.42. The Bertz CT molecular complexity index is 849. The normalized spacial score (nSPS) is 16.1. The number of hydrogen-bond donors (Lipinski definition) is 2. The number of aryl methyl sites for hydroxylation is 1. The van der Waals surface area contributed by atoms with Crippen molar-refractivity contribution in [3.63, 3.8) is 0 Å². The smallest absolute Gasteiger partial charge is 0.335 e. The van der Waals surface area contributed by atoms with E-state index in [1.807, 2.05) is 6.20 Å². The van der Waals surface area contributed by atoms with Gasteiger partial charge in [-0.1, -0.05) is 18.2 Å². The van der Waals surface area contributed by atoms with Crippen LogP contribution in [-0.4, -0.2) is 47.3 Å². The van der Waals surface area contributed by atoms with E-state index in [-0.39, 0.29) is 5.56 Å². The second-order valence-corrected chi connectivity index (χ2v) is 6.64. The molecule has 0 atom stereocenters. The van der Waals surface area contributed by atoms with Gasteiger partial charge in [-0.3, -0.25) is 4.98 Å². The number of aromatic carboxylic acids is 1. The largest absolute Gasteiger partial charge is 0.478 e. The van der Waals surface area contributed by atoms with Crippen molar-refractivity contribution in [2.75, 3.05) is 31.2 Å². The molecule has 2 aromatic rings. The van der Waals surface area contributed by atoms with Gasteiger partial charge in [-0.2, -0.15) is 0 Å². The van der Waals surface area contributed by atoms with Gasteiger partial charge in [0.15, 0.2) is 0 Å². The first-order valence-corrected chi connectivity index (χ1v) is 8.93. The molecule has 0 radical (unpaired) electrons. The molecular formula is C20H22N4O2. The highest BCUT2D eigenvalue weighted by atomic mass is 16.4. The first kappa shape index (κ1) is 16.4. The molecule has 0 fully saturated rings. The van der Waals surface area contributed by atoms with Crippen molar-refractivity contribution in [3.05, 3.63) is 65.6 Å². The Morgan fingerprint density at radius 3 is 3.00 bits per heavy atom. The van der Waals surface area contributed by atoms with Gasteiger partial charge in [0, 0.05) is 37.7 Å². The van der Waals surface area contributed by atoms with Gasteiger partial charge >= 0.3 is 5.97 Å².